The largest absolute Gasteiger partial charge is 0.494 e. The number of hydrogen-bond donors (Lipinski definition) is 1. The monoisotopic (exact) mass is 357 g/mol. The second kappa shape index (κ2) is 6.57. The molecule has 106 valence electrons. The first kappa shape index (κ1) is 15.3. The molecule has 2 aromatic rings. The number of methoxy groups -OCH3 is 1. The first-order valence-electron chi connectivity index (χ1n) is 6.03. The minimum Gasteiger partial charge on any atom is -0.494 e. The fourth-order valence-electron chi connectivity index (χ4n) is 2.13. The van der Waals surface area contributed by atoms with Gasteiger partial charge in [0.2, 0.25) is 0 Å². The van der Waals surface area contributed by atoms with Gasteiger partial charge in [-0.25, -0.2) is 4.39 Å². The second-order valence-electron chi connectivity index (χ2n) is 4.23. The molecule has 0 spiro atoms. The van der Waals surface area contributed by atoms with Gasteiger partial charge >= 0.3 is 0 Å². The molecule has 0 saturated heterocycles. The molecule has 0 fully saturated rings. The second-order valence-corrected chi connectivity index (χ2v) is 5.46. The molecule has 2 aromatic carbocycles. The molecule has 0 radical (unpaired) electrons. The van der Waals surface area contributed by atoms with Gasteiger partial charge in [0.15, 0.2) is 11.6 Å². The van der Waals surface area contributed by atoms with Crippen LogP contribution in [0.5, 0.6) is 5.75 Å². The van der Waals surface area contributed by atoms with Crippen molar-refractivity contribution < 1.29 is 9.13 Å². The topological polar surface area (TPSA) is 21.3 Å². The van der Waals surface area contributed by atoms with E-state index in [-0.39, 0.29) is 17.6 Å². The van der Waals surface area contributed by atoms with E-state index >= 15 is 0 Å². The molecule has 1 unspecified atom stereocenters. The van der Waals surface area contributed by atoms with E-state index in [1.165, 1.54) is 7.11 Å². The van der Waals surface area contributed by atoms with E-state index < -0.39 is 0 Å². The van der Waals surface area contributed by atoms with Crippen molar-refractivity contribution in [1.82, 2.24) is 5.32 Å². The molecule has 1 atom stereocenters. The lowest BCUT2D eigenvalue weighted by molar-refractivity contribution is 0.382. The molecule has 0 saturated carbocycles. The van der Waals surface area contributed by atoms with Crippen molar-refractivity contribution in [1.29, 1.82) is 0 Å². The van der Waals surface area contributed by atoms with Crippen molar-refractivity contribution in [2.45, 2.75) is 6.04 Å². The zero-order chi connectivity index (χ0) is 14.7. The summed E-state index contributed by atoms with van der Waals surface area (Å²) in [6, 6.07) is 10.3. The van der Waals surface area contributed by atoms with Gasteiger partial charge in [-0.1, -0.05) is 35.9 Å². The highest BCUT2D eigenvalue weighted by Crippen LogP contribution is 2.35. The van der Waals surface area contributed by atoms with Gasteiger partial charge in [-0.05, 0) is 40.7 Å². The lowest BCUT2D eigenvalue weighted by atomic mass is 9.98. The number of rotatable bonds is 4. The van der Waals surface area contributed by atoms with E-state index in [2.05, 4.69) is 21.2 Å². The zero-order valence-electron chi connectivity index (χ0n) is 11.1. The maximum absolute atomic E-state index is 14.4. The van der Waals surface area contributed by atoms with E-state index in [0.29, 0.717) is 10.6 Å². The molecular weight excluding hydrogens is 345 g/mol. The van der Waals surface area contributed by atoms with Crippen LogP contribution in [0.4, 0.5) is 4.39 Å². The summed E-state index contributed by atoms with van der Waals surface area (Å²) in [5.74, 6) is -0.167. The van der Waals surface area contributed by atoms with Gasteiger partial charge in [0, 0.05) is 10.0 Å². The highest BCUT2D eigenvalue weighted by molar-refractivity contribution is 9.10. The quantitative estimate of drug-likeness (QED) is 0.865. The Labute approximate surface area is 131 Å². The fraction of sp³-hybridized carbons (Fsp3) is 0.200. The van der Waals surface area contributed by atoms with Crippen molar-refractivity contribution >= 4 is 27.5 Å². The molecule has 0 amide bonds. The molecule has 2 rings (SSSR count). The summed E-state index contributed by atoms with van der Waals surface area (Å²) in [6.45, 7) is 0. The third-order valence-electron chi connectivity index (χ3n) is 3.11. The number of hydrogen-bond acceptors (Lipinski definition) is 2. The smallest absolute Gasteiger partial charge is 0.170 e. The van der Waals surface area contributed by atoms with Crippen molar-refractivity contribution in [3.63, 3.8) is 0 Å². The van der Waals surface area contributed by atoms with Gasteiger partial charge in [0.05, 0.1) is 18.2 Å². The number of ether oxygens (including phenoxy) is 1. The summed E-state index contributed by atoms with van der Waals surface area (Å²) in [7, 11) is 3.21. The van der Waals surface area contributed by atoms with Crippen LogP contribution < -0.4 is 10.1 Å². The Morgan fingerprint density at radius 3 is 2.50 bits per heavy atom. The molecular formula is C15H14BrClFNO. The lowest BCUT2D eigenvalue weighted by Crippen LogP contribution is -2.19. The van der Waals surface area contributed by atoms with Crippen LogP contribution in [0.15, 0.2) is 40.9 Å². The van der Waals surface area contributed by atoms with Gasteiger partial charge in [-0.3, -0.25) is 0 Å². The minimum atomic E-state index is -0.384. The van der Waals surface area contributed by atoms with Crippen molar-refractivity contribution in [2.24, 2.45) is 0 Å². The van der Waals surface area contributed by atoms with Gasteiger partial charge in [0.25, 0.3) is 0 Å². The highest BCUT2D eigenvalue weighted by Gasteiger charge is 2.21. The Balaban J connectivity index is 2.56. The van der Waals surface area contributed by atoms with E-state index in [1.54, 1.807) is 25.2 Å². The summed E-state index contributed by atoms with van der Waals surface area (Å²) in [5.41, 5.74) is 1.29. The van der Waals surface area contributed by atoms with E-state index in [9.17, 15) is 4.39 Å². The first-order chi connectivity index (χ1) is 9.60. The average molecular weight is 359 g/mol. The summed E-state index contributed by atoms with van der Waals surface area (Å²) in [5, 5.41) is 3.66. The van der Waals surface area contributed by atoms with E-state index in [0.717, 1.165) is 10.0 Å². The molecule has 2 nitrogen and oxygen atoms in total. The Hall–Kier alpha value is -1.10. The van der Waals surface area contributed by atoms with Gasteiger partial charge in [-0.2, -0.15) is 0 Å². The Kier molecular flexibility index (Phi) is 5.02. The molecule has 0 aliphatic heterocycles. The van der Waals surface area contributed by atoms with Crippen LogP contribution >= 0.6 is 27.5 Å². The molecule has 0 bridgehead atoms. The summed E-state index contributed by atoms with van der Waals surface area (Å²) < 4.78 is 20.2. The Morgan fingerprint density at radius 1 is 1.20 bits per heavy atom. The SMILES string of the molecule is CNC(c1cccc(OC)c1F)c1cccc(Br)c1Cl. The predicted octanol–water partition coefficient (Wildman–Crippen LogP) is 4.56. The van der Waals surface area contributed by atoms with Crippen LogP contribution in [-0.2, 0) is 0 Å². The van der Waals surface area contributed by atoms with Crippen LogP contribution in [0.1, 0.15) is 17.2 Å². The van der Waals surface area contributed by atoms with Crippen molar-refractivity contribution in [3.8, 4) is 5.75 Å². The first-order valence-corrected chi connectivity index (χ1v) is 7.20. The molecule has 0 aliphatic rings. The van der Waals surface area contributed by atoms with E-state index in [4.69, 9.17) is 16.3 Å². The molecule has 0 aromatic heterocycles. The summed E-state index contributed by atoms with van der Waals surface area (Å²) >= 11 is 9.69. The minimum absolute atomic E-state index is 0.217. The zero-order valence-corrected chi connectivity index (χ0v) is 13.4. The molecule has 0 aliphatic carbocycles. The molecule has 5 heteroatoms. The van der Waals surface area contributed by atoms with Crippen molar-refractivity contribution in [3.05, 3.63) is 62.8 Å². The van der Waals surface area contributed by atoms with Gasteiger partial charge < -0.3 is 10.1 Å². The fourth-order valence-corrected chi connectivity index (χ4v) is 2.75. The third kappa shape index (κ3) is 2.82. The van der Waals surface area contributed by atoms with Crippen LogP contribution in [0.3, 0.4) is 0 Å². The van der Waals surface area contributed by atoms with Crippen LogP contribution in [0, 0.1) is 5.82 Å². The lowest BCUT2D eigenvalue weighted by Gasteiger charge is -2.20. The number of nitrogens with one attached hydrogen (secondary N) is 1. The van der Waals surface area contributed by atoms with Crippen LogP contribution in [0.25, 0.3) is 0 Å². The molecule has 0 heterocycles. The maximum Gasteiger partial charge on any atom is 0.170 e. The van der Waals surface area contributed by atoms with Crippen molar-refractivity contribution in [2.75, 3.05) is 14.2 Å². The molecule has 20 heavy (non-hydrogen) atoms. The van der Waals surface area contributed by atoms with Gasteiger partial charge in [0.1, 0.15) is 0 Å². The van der Waals surface area contributed by atoms with Crippen LogP contribution in [0.2, 0.25) is 5.02 Å². The summed E-state index contributed by atoms with van der Waals surface area (Å²) in [6.07, 6.45) is 0. The van der Waals surface area contributed by atoms with Crippen LogP contribution in [-0.4, -0.2) is 14.2 Å². The normalized spacial score (nSPS) is 12.2. The Morgan fingerprint density at radius 2 is 1.85 bits per heavy atom. The molecule has 1 N–H and O–H groups in total. The number of halogens is 3. The maximum atomic E-state index is 14.4. The average Bonchev–Trinajstić information content (AvgIpc) is 2.46. The third-order valence-corrected chi connectivity index (χ3v) is 4.42. The predicted molar refractivity (Wildman–Crippen MR) is 83.0 cm³/mol. The highest BCUT2D eigenvalue weighted by atomic mass is 79.9. The standard InChI is InChI=1S/C15H14BrClFNO/c1-19-15(9-5-3-7-11(16)13(9)17)10-6-4-8-12(20-2)14(10)18/h3-8,15,19H,1-2H3. The Bertz CT molecular complexity index is 621. The van der Waals surface area contributed by atoms with Gasteiger partial charge in [-0.15, -0.1) is 0 Å². The van der Waals surface area contributed by atoms with E-state index in [1.807, 2.05) is 18.2 Å². The number of benzene rings is 2. The summed E-state index contributed by atoms with van der Waals surface area (Å²) in [4.78, 5) is 0.